The Morgan fingerprint density at radius 2 is 1.52 bits per heavy atom. The van der Waals surface area contributed by atoms with E-state index in [1.54, 1.807) is 41.5 Å². The van der Waals surface area contributed by atoms with Gasteiger partial charge in [-0.3, -0.25) is 14.4 Å². The summed E-state index contributed by atoms with van der Waals surface area (Å²) in [5, 5.41) is 2.80. The zero-order valence-electron chi connectivity index (χ0n) is 19.9. The summed E-state index contributed by atoms with van der Waals surface area (Å²) in [7, 11) is 1.53. The molecule has 0 heterocycles. The van der Waals surface area contributed by atoms with Gasteiger partial charge < -0.3 is 24.4 Å². The van der Waals surface area contributed by atoms with Gasteiger partial charge in [0, 0.05) is 32.4 Å². The van der Waals surface area contributed by atoms with Gasteiger partial charge in [0.2, 0.25) is 5.91 Å². The van der Waals surface area contributed by atoms with Crippen molar-refractivity contribution in [3.63, 3.8) is 0 Å². The van der Waals surface area contributed by atoms with E-state index in [1.807, 2.05) is 0 Å². The molecule has 0 aromatic carbocycles. The van der Waals surface area contributed by atoms with Gasteiger partial charge in [-0.2, -0.15) is 0 Å². The van der Waals surface area contributed by atoms with E-state index in [0.717, 1.165) is 0 Å². The molecule has 2 atom stereocenters. The zero-order chi connectivity index (χ0) is 23.8. The van der Waals surface area contributed by atoms with Crippen LogP contribution < -0.4 is 5.32 Å². The Bertz CT molecular complexity index is 649. The molecule has 0 spiro atoms. The summed E-state index contributed by atoms with van der Waals surface area (Å²) in [5.74, 6) is -1.08. The molecule has 0 radical (unpaired) electrons. The normalized spacial score (nSPS) is 18.8. The molecule has 9 nitrogen and oxygen atoms in total. The van der Waals surface area contributed by atoms with Crippen LogP contribution in [0.4, 0.5) is 4.79 Å². The number of carbonyl (C=O) groups excluding carboxylic acids is 4. The van der Waals surface area contributed by atoms with Crippen molar-refractivity contribution in [3.05, 3.63) is 0 Å². The number of ether oxygens (including phenoxy) is 3. The van der Waals surface area contributed by atoms with Crippen LogP contribution in [0.1, 0.15) is 80.1 Å². The Balaban J connectivity index is 2.25. The highest BCUT2D eigenvalue weighted by Crippen LogP contribution is 2.23. The molecule has 1 aliphatic rings. The van der Waals surface area contributed by atoms with Gasteiger partial charge in [-0.05, 0) is 60.8 Å². The number of hydrogen-bond donors (Lipinski definition) is 1. The number of amides is 2. The molecule has 1 fully saturated rings. The lowest BCUT2D eigenvalue weighted by atomic mass is 10.2. The van der Waals surface area contributed by atoms with Crippen molar-refractivity contribution in [1.82, 2.24) is 10.2 Å². The third-order valence-electron chi connectivity index (χ3n) is 4.39. The second-order valence-corrected chi connectivity index (χ2v) is 9.96. The van der Waals surface area contributed by atoms with Crippen LogP contribution in [-0.4, -0.2) is 65.8 Å². The maximum absolute atomic E-state index is 12.1. The Morgan fingerprint density at radius 3 is 2.10 bits per heavy atom. The van der Waals surface area contributed by atoms with Gasteiger partial charge in [0.1, 0.15) is 23.9 Å². The fraction of sp³-hybridized carbons (Fsp3) is 0.818. The van der Waals surface area contributed by atoms with Crippen LogP contribution in [0.15, 0.2) is 0 Å². The summed E-state index contributed by atoms with van der Waals surface area (Å²) in [6.07, 6.45) is 1.80. The van der Waals surface area contributed by atoms with E-state index in [4.69, 9.17) is 14.2 Å². The van der Waals surface area contributed by atoms with E-state index in [-0.39, 0.29) is 43.4 Å². The van der Waals surface area contributed by atoms with Crippen LogP contribution in [-0.2, 0) is 28.6 Å². The first-order valence-corrected chi connectivity index (χ1v) is 10.8. The van der Waals surface area contributed by atoms with Gasteiger partial charge in [-0.25, -0.2) is 4.79 Å². The average molecular weight is 443 g/mol. The standard InChI is InChI=1S/C22H38N2O7/c1-21(2,3)30-19(27)14-24(7)17(25)9-8-10-18(26)29-16-12-11-15(13-16)23-20(28)31-22(4,5)6/h15-16H,8-14H2,1-7H3,(H,23,28). The smallest absolute Gasteiger partial charge is 0.407 e. The zero-order valence-corrected chi connectivity index (χ0v) is 19.9. The van der Waals surface area contributed by atoms with Crippen LogP contribution in [0.25, 0.3) is 0 Å². The van der Waals surface area contributed by atoms with Crippen molar-refractivity contribution in [2.24, 2.45) is 0 Å². The molecule has 2 amide bonds. The van der Waals surface area contributed by atoms with Crippen molar-refractivity contribution < 1.29 is 33.4 Å². The lowest BCUT2D eigenvalue weighted by molar-refractivity contribution is -0.158. The van der Waals surface area contributed by atoms with Crippen LogP contribution in [0.2, 0.25) is 0 Å². The molecule has 0 aromatic heterocycles. The van der Waals surface area contributed by atoms with Crippen molar-refractivity contribution in [2.45, 2.75) is 103 Å². The molecule has 9 heteroatoms. The van der Waals surface area contributed by atoms with Gasteiger partial charge in [-0.15, -0.1) is 0 Å². The fourth-order valence-corrected chi connectivity index (χ4v) is 3.13. The highest BCUT2D eigenvalue weighted by atomic mass is 16.6. The van der Waals surface area contributed by atoms with Gasteiger partial charge in [0.05, 0.1) is 0 Å². The third-order valence-corrected chi connectivity index (χ3v) is 4.39. The first kappa shape index (κ1) is 26.7. The quantitative estimate of drug-likeness (QED) is 0.454. The summed E-state index contributed by atoms with van der Waals surface area (Å²) in [6.45, 7) is 10.5. The highest BCUT2D eigenvalue weighted by molar-refractivity contribution is 5.82. The molecule has 1 N–H and O–H groups in total. The summed E-state index contributed by atoms with van der Waals surface area (Å²) in [5.41, 5.74) is -1.17. The number of hydrogen-bond acceptors (Lipinski definition) is 7. The van der Waals surface area contributed by atoms with Crippen LogP contribution >= 0.6 is 0 Å². The first-order chi connectivity index (χ1) is 14.1. The molecule has 0 aromatic rings. The molecule has 1 aliphatic carbocycles. The van der Waals surface area contributed by atoms with Gasteiger partial charge in [0.25, 0.3) is 0 Å². The molecule has 2 unspecified atom stereocenters. The molecule has 1 saturated carbocycles. The first-order valence-electron chi connectivity index (χ1n) is 10.8. The van der Waals surface area contributed by atoms with E-state index in [1.165, 1.54) is 11.9 Å². The van der Waals surface area contributed by atoms with Gasteiger partial charge in [-0.1, -0.05) is 0 Å². The largest absolute Gasteiger partial charge is 0.462 e. The van der Waals surface area contributed by atoms with Crippen molar-refractivity contribution in [2.75, 3.05) is 13.6 Å². The Morgan fingerprint density at radius 1 is 0.903 bits per heavy atom. The lowest BCUT2D eigenvalue weighted by Gasteiger charge is -2.22. The minimum atomic E-state index is -0.605. The minimum Gasteiger partial charge on any atom is -0.462 e. The van der Waals surface area contributed by atoms with Crippen LogP contribution in [0.3, 0.4) is 0 Å². The van der Waals surface area contributed by atoms with Crippen molar-refractivity contribution in [1.29, 1.82) is 0 Å². The summed E-state index contributed by atoms with van der Waals surface area (Å²) in [6, 6.07) is -0.0873. The van der Waals surface area contributed by atoms with E-state index in [9.17, 15) is 19.2 Å². The maximum Gasteiger partial charge on any atom is 0.407 e. The Labute approximate surface area is 185 Å². The molecule has 0 bridgehead atoms. The summed E-state index contributed by atoms with van der Waals surface area (Å²) >= 11 is 0. The Hall–Kier alpha value is -2.32. The highest BCUT2D eigenvalue weighted by Gasteiger charge is 2.30. The molecule has 31 heavy (non-hydrogen) atoms. The number of nitrogens with zero attached hydrogens (tertiary/aromatic N) is 1. The molecule has 178 valence electrons. The maximum atomic E-state index is 12.1. The summed E-state index contributed by atoms with van der Waals surface area (Å²) < 4.78 is 15.9. The monoisotopic (exact) mass is 442 g/mol. The number of carbonyl (C=O) groups is 4. The fourth-order valence-electron chi connectivity index (χ4n) is 3.13. The molecule has 0 aliphatic heterocycles. The topological polar surface area (TPSA) is 111 Å². The van der Waals surface area contributed by atoms with E-state index >= 15 is 0 Å². The lowest BCUT2D eigenvalue weighted by Crippen LogP contribution is -2.38. The van der Waals surface area contributed by atoms with E-state index in [2.05, 4.69) is 5.32 Å². The molecule has 1 rings (SSSR count). The van der Waals surface area contributed by atoms with Gasteiger partial charge in [0.15, 0.2) is 0 Å². The van der Waals surface area contributed by atoms with Crippen molar-refractivity contribution >= 4 is 23.9 Å². The second kappa shape index (κ2) is 11.3. The third kappa shape index (κ3) is 12.2. The van der Waals surface area contributed by atoms with Gasteiger partial charge >= 0.3 is 18.0 Å². The number of esters is 2. The number of alkyl carbamates (subject to hydrolysis) is 1. The predicted octanol–water partition coefficient (Wildman–Crippen LogP) is 2.95. The predicted molar refractivity (Wildman–Crippen MR) is 114 cm³/mol. The van der Waals surface area contributed by atoms with E-state index < -0.39 is 23.3 Å². The van der Waals surface area contributed by atoms with Crippen molar-refractivity contribution in [3.8, 4) is 0 Å². The van der Waals surface area contributed by atoms with E-state index in [0.29, 0.717) is 25.7 Å². The minimum absolute atomic E-state index is 0.0873. The molecular formula is C22H38N2O7. The molecular weight excluding hydrogens is 404 g/mol. The summed E-state index contributed by atoms with van der Waals surface area (Å²) in [4.78, 5) is 49.1. The second-order valence-electron chi connectivity index (χ2n) is 9.96. The van der Waals surface area contributed by atoms with Crippen LogP contribution in [0, 0.1) is 0 Å². The molecule has 0 saturated heterocycles. The number of rotatable bonds is 8. The SMILES string of the molecule is CN(CC(=O)OC(C)(C)C)C(=O)CCCC(=O)OC1CCC(NC(=O)OC(C)(C)C)C1. The number of nitrogens with one attached hydrogen (secondary N) is 1. The number of likely N-dealkylation sites (N-methyl/N-ethyl adjacent to an activating group) is 1. The van der Waals surface area contributed by atoms with Crippen LogP contribution in [0.5, 0.6) is 0 Å². The Kier molecular flexibility index (Phi) is 9.77. The average Bonchev–Trinajstić information content (AvgIpc) is 2.97.